The monoisotopic (exact) mass is 379 g/mol. The maximum atomic E-state index is 13.7. The van der Waals surface area contributed by atoms with Gasteiger partial charge < -0.3 is 15.8 Å². The molecule has 0 fully saturated rings. The van der Waals surface area contributed by atoms with Crippen LogP contribution in [0.5, 0.6) is 5.75 Å². The number of halogens is 1. The molecule has 2 aromatic carbocycles. The van der Waals surface area contributed by atoms with Crippen LogP contribution in [0, 0.1) is 12.7 Å². The maximum absolute atomic E-state index is 13.7. The van der Waals surface area contributed by atoms with Crippen molar-refractivity contribution in [3.8, 4) is 5.75 Å². The van der Waals surface area contributed by atoms with Crippen molar-refractivity contribution in [2.45, 2.75) is 13.5 Å². The predicted molar refractivity (Wildman–Crippen MR) is 103 cm³/mol. The van der Waals surface area contributed by atoms with E-state index in [1.807, 2.05) is 6.07 Å². The molecule has 1 heterocycles. The van der Waals surface area contributed by atoms with E-state index >= 15 is 0 Å². The molecule has 0 radical (unpaired) electrons. The fourth-order valence-electron chi connectivity index (χ4n) is 2.48. The summed E-state index contributed by atoms with van der Waals surface area (Å²) in [5.74, 6) is -1.02. The van der Waals surface area contributed by atoms with Crippen LogP contribution in [0.25, 0.3) is 0 Å². The van der Waals surface area contributed by atoms with Crippen molar-refractivity contribution in [2.24, 2.45) is 5.73 Å². The summed E-state index contributed by atoms with van der Waals surface area (Å²) in [4.78, 5) is 27.4. The molecule has 28 heavy (non-hydrogen) atoms. The quantitative estimate of drug-likeness (QED) is 0.686. The van der Waals surface area contributed by atoms with Crippen LogP contribution in [0.4, 0.5) is 10.1 Å². The Morgan fingerprint density at radius 2 is 1.93 bits per heavy atom. The number of pyridine rings is 1. The number of carbonyl (C=O) groups is 2. The number of primary amides is 1. The molecule has 0 saturated heterocycles. The number of carbonyl (C=O) groups excluding carboxylic acids is 2. The summed E-state index contributed by atoms with van der Waals surface area (Å²) in [6.07, 6.45) is 2.84. The van der Waals surface area contributed by atoms with Crippen molar-refractivity contribution >= 4 is 17.5 Å². The van der Waals surface area contributed by atoms with E-state index in [4.69, 9.17) is 10.5 Å². The molecule has 0 bridgehead atoms. The van der Waals surface area contributed by atoms with Crippen molar-refractivity contribution in [1.29, 1.82) is 0 Å². The molecule has 0 aliphatic heterocycles. The molecule has 0 atom stereocenters. The van der Waals surface area contributed by atoms with Crippen LogP contribution >= 0.6 is 0 Å². The normalized spacial score (nSPS) is 10.4. The largest absolute Gasteiger partial charge is 0.487 e. The summed E-state index contributed by atoms with van der Waals surface area (Å²) in [7, 11) is 0. The third-order valence-corrected chi connectivity index (χ3v) is 4.02. The van der Waals surface area contributed by atoms with Gasteiger partial charge in [0.1, 0.15) is 18.2 Å². The lowest BCUT2D eigenvalue weighted by Gasteiger charge is -2.10. The van der Waals surface area contributed by atoms with Gasteiger partial charge in [-0.2, -0.15) is 0 Å². The number of benzene rings is 2. The van der Waals surface area contributed by atoms with E-state index in [0.717, 1.165) is 5.56 Å². The fourth-order valence-corrected chi connectivity index (χ4v) is 2.48. The lowest BCUT2D eigenvalue weighted by atomic mass is 10.1. The highest BCUT2D eigenvalue weighted by Gasteiger charge is 2.09. The van der Waals surface area contributed by atoms with Crippen molar-refractivity contribution in [3.05, 3.63) is 89.0 Å². The molecule has 6 nitrogen and oxygen atoms in total. The molecule has 1 aromatic heterocycles. The first-order chi connectivity index (χ1) is 13.4. The highest BCUT2D eigenvalue weighted by molar-refractivity contribution is 6.04. The second-order valence-electron chi connectivity index (χ2n) is 6.18. The Balaban J connectivity index is 1.66. The summed E-state index contributed by atoms with van der Waals surface area (Å²) in [5, 5.41) is 2.73. The molecule has 3 aromatic rings. The molecule has 0 spiro atoms. The zero-order valence-corrected chi connectivity index (χ0v) is 15.1. The molecule has 2 amide bonds. The molecule has 0 aliphatic rings. The molecule has 0 unspecified atom stereocenters. The summed E-state index contributed by atoms with van der Waals surface area (Å²) in [6, 6.07) is 12.9. The first kappa shape index (κ1) is 19.0. The summed E-state index contributed by atoms with van der Waals surface area (Å²) in [5.41, 5.74) is 7.53. The summed E-state index contributed by atoms with van der Waals surface area (Å²) < 4.78 is 19.3. The molecular formula is C21H18FN3O3. The van der Waals surface area contributed by atoms with E-state index in [2.05, 4.69) is 10.3 Å². The number of nitrogens with one attached hydrogen (secondary N) is 1. The van der Waals surface area contributed by atoms with Crippen LogP contribution in [0.2, 0.25) is 0 Å². The average Bonchev–Trinajstić information content (AvgIpc) is 2.69. The van der Waals surface area contributed by atoms with E-state index in [1.165, 1.54) is 24.5 Å². The van der Waals surface area contributed by atoms with Crippen molar-refractivity contribution < 1.29 is 18.7 Å². The fraction of sp³-hybridized carbons (Fsp3) is 0.0952. The number of nitrogens with zero attached hydrogens (tertiary/aromatic N) is 1. The summed E-state index contributed by atoms with van der Waals surface area (Å²) in [6.45, 7) is 1.84. The van der Waals surface area contributed by atoms with Crippen LogP contribution in [-0.4, -0.2) is 16.8 Å². The van der Waals surface area contributed by atoms with E-state index in [1.54, 1.807) is 37.3 Å². The Hall–Kier alpha value is -3.74. The van der Waals surface area contributed by atoms with Gasteiger partial charge in [0, 0.05) is 17.4 Å². The maximum Gasteiger partial charge on any atom is 0.255 e. The molecule has 3 rings (SSSR count). The number of rotatable bonds is 6. The van der Waals surface area contributed by atoms with E-state index in [9.17, 15) is 14.0 Å². The number of ether oxygens (including phenoxy) is 1. The Labute approximate surface area is 161 Å². The average molecular weight is 379 g/mol. The van der Waals surface area contributed by atoms with Crippen LogP contribution in [-0.2, 0) is 6.61 Å². The molecular weight excluding hydrogens is 361 g/mol. The van der Waals surface area contributed by atoms with Crippen molar-refractivity contribution in [1.82, 2.24) is 4.98 Å². The Morgan fingerprint density at radius 3 is 2.68 bits per heavy atom. The second-order valence-corrected chi connectivity index (χ2v) is 6.18. The first-order valence-electron chi connectivity index (χ1n) is 8.46. The Bertz CT molecular complexity index is 1040. The van der Waals surface area contributed by atoms with Gasteiger partial charge in [0.15, 0.2) is 0 Å². The smallest absolute Gasteiger partial charge is 0.255 e. The van der Waals surface area contributed by atoms with Crippen LogP contribution in [0.15, 0.2) is 60.9 Å². The number of aromatic nitrogens is 1. The number of anilines is 1. The molecule has 7 heteroatoms. The van der Waals surface area contributed by atoms with Gasteiger partial charge in [-0.1, -0.05) is 18.2 Å². The summed E-state index contributed by atoms with van der Waals surface area (Å²) >= 11 is 0. The Morgan fingerprint density at radius 1 is 1.11 bits per heavy atom. The number of aryl methyl sites for hydroxylation is 1. The highest BCUT2D eigenvalue weighted by atomic mass is 19.1. The first-order valence-corrected chi connectivity index (χ1v) is 8.46. The van der Waals surface area contributed by atoms with Crippen LogP contribution < -0.4 is 15.8 Å². The molecule has 142 valence electrons. The van der Waals surface area contributed by atoms with Gasteiger partial charge in [-0.25, -0.2) is 4.39 Å². The van der Waals surface area contributed by atoms with Gasteiger partial charge >= 0.3 is 0 Å². The third-order valence-electron chi connectivity index (χ3n) is 4.02. The number of nitrogens with two attached hydrogens (primary N) is 1. The van der Waals surface area contributed by atoms with E-state index in [0.29, 0.717) is 17.0 Å². The lowest BCUT2D eigenvalue weighted by Crippen LogP contribution is -2.12. The minimum atomic E-state index is -0.588. The van der Waals surface area contributed by atoms with Crippen molar-refractivity contribution in [2.75, 3.05) is 5.32 Å². The minimum Gasteiger partial charge on any atom is -0.487 e. The molecule has 0 saturated carbocycles. The second kappa shape index (κ2) is 8.30. The van der Waals surface area contributed by atoms with Gasteiger partial charge in [-0.3, -0.25) is 14.6 Å². The minimum absolute atomic E-state index is 0.201. The number of hydrogen-bond donors (Lipinski definition) is 2. The molecule has 0 aliphatic carbocycles. The third kappa shape index (κ3) is 4.70. The van der Waals surface area contributed by atoms with Crippen LogP contribution in [0.1, 0.15) is 31.8 Å². The van der Waals surface area contributed by atoms with Gasteiger partial charge in [-0.05, 0) is 48.4 Å². The van der Waals surface area contributed by atoms with E-state index in [-0.39, 0.29) is 17.7 Å². The van der Waals surface area contributed by atoms with E-state index < -0.39 is 17.6 Å². The van der Waals surface area contributed by atoms with Gasteiger partial charge in [-0.15, -0.1) is 0 Å². The predicted octanol–water partition coefficient (Wildman–Crippen LogP) is 3.46. The molecule has 3 N–H and O–H groups in total. The van der Waals surface area contributed by atoms with Gasteiger partial charge in [0.25, 0.3) is 5.91 Å². The van der Waals surface area contributed by atoms with Gasteiger partial charge in [0.2, 0.25) is 5.91 Å². The Kier molecular flexibility index (Phi) is 5.64. The zero-order valence-electron chi connectivity index (χ0n) is 15.1. The number of hydrogen-bond acceptors (Lipinski definition) is 4. The van der Waals surface area contributed by atoms with Gasteiger partial charge in [0.05, 0.1) is 11.8 Å². The standard InChI is InChI=1S/C21H18FN3O3/c1-13-5-6-15(9-19(13)22)21(27)25-17-4-2-3-14(7-17)12-28-18-8-16(20(23)26)10-24-11-18/h2-11H,12H2,1H3,(H2,23,26)(H,25,27). The van der Waals surface area contributed by atoms with Crippen molar-refractivity contribution in [3.63, 3.8) is 0 Å². The number of amides is 2. The lowest BCUT2D eigenvalue weighted by molar-refractivity contribution is 0.0997. The van der Waals surface area contributed by atoms with Crippen LogP contribution in [0.3, 0.4) is 0 Å². The SMILES string of the molecule is Cc1ccc(C(=O)Nc2cccc(COc3cncc(C(N)=O)c3)c2)cc1F. The highest BCUT2D eigenvalue weighted by Crippen LogP contribution is 2.17. The topological polar surface area (TPSA) is 94.3 Å². The zero-order chi connectivity index (χ0) is 20.1.